The van der Waals surface area contributed by atoms with E-state index in [9.17, 15) is 9.59 Å². The van der Waals surface area contributed by atoms with Crippen LogP contribution < -0.4 is 4.90 Å². The zero-order valence-corrected chi connectivity index (χ0v) is 18.0. The molecule has 2 heterocycles. The van der Waals surface area contributed by atoms with Gasteiger partial charge in [0.25, 0.3) is 5.91 Å². The summed E-state index contributed by atoms with van der Waals surface area (Å²) in [5, 5.41) is 0.486. The maximum Gasteiger partial charge on any atom is 0.253 e. The lowest BCUT2D eigenvalue weighted by atomic mass is 9.95. The number of likely N-dealkylation sites (tertiary alicyclic amines) is 1. The van der Waals surface area contributed by atoms with E-state index in [4.69, 9.17) is 0 Å². The highest BCUT2D eigenvalue weighted by Gasteiger charge is 2.34. The number of thioether (sulfide) groups is 1. The van der Waals surface area contributed by atoms with Crippen LogP contribution in [0.1, 0.15) is 42.1 Å². The summed E-state index contributed by atoms with van der Waals surface area (Å²) in [5.41, 5.74) is 2.86. The minimum absolute atomic E-state index is 0.0305. The zero-order valence-electron chi connectivity index (χ0n) is 17.1. The molecule has 4 nitrogen and oxygen atoms in total. The molecule has 2 amide bonds. The van der Waals surface area contributed by atoms with Crippen LogP contribution in [0, 0.1) is 12.8 Å². The number of piperidine rings is 1. The number of anilines is 1. The first-order chi connectivity index (χ1) is 14.0. The van der Waals surface area contributed by atoms with E-state index < -0.39 is 0 Å². The highest BCUT2D eigenvalue weighted by molar-refractivity contribution is 8.00. The molecule has 2 aliphatic rings. The van der Waals surface area contributed by atoms with Crippen LogP contribution >= 0.6 is 11.8 Å². The van der Waals surface area contributed by atoms with Gasteiger partial charge in [0, 0.05) is 35.3 Å². The molecular weight excluding hydrogens is 380 g/mol. The first kappa shape index (κ1) is 20.0. The summed E-state index contributed by atoms with van der Waals surface area (Å²) in [7, 11) is 0. The van der Waals surface area contributed by atoms with Crippen molar-refractivity contribution in [3.8, 4) is 0 Å². The Bertz CT molecular complexity index is 896. The van der Waals surface area contributed by atoms with Crippen molar-refractivity contribution in [2.24, 2.45) is 5.92 Å². The molecule has 0 radical (unpaired) electrons. The number of carbonyl (C=O) groups excluding carboxylic acids is 2. The Morgan fingerprint density at radius 1 is 1.00 bits per heavy atom. The van der Waals surface area contributed by atoms with Gasteiger partial charge in [0.2, 0.25) is 5.91 Å². The van der Waals surface area contributed by atoms with Gasteiger partial charge in [-0.1, -0.05) is 36.8 Å². The molecule has 1 saturated heterocycles. The number of hydrogen-bond donors (Lipinski definition) is 0. The molecule has 2 atom stereocenters. The van der Waals surface area contributed by atoms with Crippen molar-refractivity contribution in [2.75, 3.05) is 24.5 Å². The summed E-state index contributed by atoms with van der Waals surface area (Å²) in [6, 6.07) is 15.9. The Balaban J connectivity index is 1.52. The number of carbonyl (C=O) groups is 2. The molecule has 0 saturated carbocycles. The Morgan fingerprint density at radius 3 is 2.55 bits per heavy atom. The first-order valence-corrected chi connectivity index (χ1v) is 11.3. The third kappa shape index (κ3) is 4.35. The molecule has 0 aromatic heterocycles. The lowest BCUT2D eigenvalue weighted by molar-refractivity contribution is -0.123. The van der Waals surface area contributed by atoms with Crippen molar-refractivity contribution in [2.45, 2.75) is 43.3 Å². The van der Waals surface area contributed by atoms with E-state index >= 15 is 0 Å². The van der Waals surface area contributed by atoms with E-state index in [-0.39, 0.29) is 17.7 Å². The average molecular weight is 409 g/mol. The van der Waals surface area contributed by atoms with E-state index in [0.29, 0.717) is 17.4 Å². The Kier molecular flexibility index (Phi) is 5.95. The summed E-state index contributed by atoms with van der Waals surface area (Å²) in [5.74, 6) is 0.0566. The molecule has 5 heteroatoms. The van der Waals surface area contributed by atoms with Crippen molar-refractivity contribution >= 4 is 29.3 Å². The van der Waals surface area contributed by atoms with Gasteiger partial charge in [0.05, 0.1) is 11.6 Å². The number of benzene rings is 2. The third-order valence-corrected chi connectivity index (χ3v) is 7.10. The van der Waals surface area contributed by atoms with Crippen LogP contribution in [0.3, 0.4) is 0 Å². The number of fused-ring (bicyclic) bond motifs is 1. The average Bonchev–Trinajstić information content (AvgIpc) is 2.91. The number of aryl methyl sites for hydroxylation is 1. The third-order valence-electron chi connectivity index (χ3n) is 5.87. The van der Waals surface area contributed by atoms with Gasteiger partial charge in [-0.15, -0.1) is 11.8 Å². The van der Waals surface area contributed by atoms with Crippen LogP contribution in [0.4, 0.5) is 5.69 Å². The van der Waals surface area contributed by atoms with Crippen molar-refractivity contribution in [3.05, 3.63) is 59.7 Å². The summed E-state index contributed by atoms with van der Waals surface area (Å²) in [4.78, 5) is 31.5. The van der Waals surface area contributed by atoms with Crippen LogP contribution in [0.2, 0.25) is 0 Å². The normalized spacial score (nSPS) is 22.0. The number of rotatable bonds is 2. The maximum absolute atomic E-state index is 13.5. The number of para-hydroxylation sites is 1. The molecule has 0 N–H and O–H groups in total. The topological polar surface area (TPSA) is 40.6 Å². The first-order valence-electron chi connectivity index (χ1n) is 10.5. The predicted octanol–water partition coefficient (Wildman–Crippen LogP) is 4.76. The Labute approximate surface area is 177 Å². The van der Waals surface area contributed by atoms with Gasteiger partial charge in [-0.3, -0.25) is 9.59 Å². The molecule has 2 aliphatic heterocycles. The molecule has 29 heavy (non-hydrogen) atoms. The van der Waals surface area contributed by atoms with Gasteiger partial charge in [0.1, 0.15) is 0 Å². The summed E-state index contributed by atoms with van der Waals surface area (Å²) in [6.07, 6.45) is 2.69. The van der Waals surface area contributed by atoms with Gasteiger partial charge < -0.3 is 9.80 Å². The minimum Gasteiger partial charge on any atom is -0.338 e. The van der Waals surface area contributed by atoms with E-state index in [1.54, 1.807) is 0 Å². The van der Waals surface area contributed by atoms with Crippen LogP contribution in [-0.4, -0.2) is 41.6 Å². The number of nitrogens with zero attached hydrogens (tertiary/aromatic N) is 2. The molecule has 2 aromatic carbocycles. The quantitative estimate of drug-likeness (QED) is 0.719. The molecule has 152 valence electrons. The molecule has 4 rings (SSSR count). The fourth-order valence-electron chi connectivity index (χ4n) is 4.18. The lowest BCUT2D eigenvalue weighted by Crippen LogP contribution is -2.47. The van der Waals surface area contributed by atoms with Gasteiger partial charge >= 0.3 is 0 Å². The molecule has 2 aromatic rings. The second kappa shape index (κ2) is 8.62. The largest absolute Gasteiger partial charge is 0.338 e. The predicted molar refractivity (Wildman–Crippen MR) is 119 cm³/mol. The number of hydrogen-bond acceptors (Lipinski definition) is 3. The van der Waals surface area contributed by atoms with Crippen LogP contribution in [0.25, 0.3) is 0 Å². The monoisotopic (exact) mass is 408 g/mol. The summed E-state index contributed by atoms with van der Waals surface area (Å²) >= 11 is 1.85. The number of amides is 2. The second-order valence-corrected chi connectivity index (χ2v) is 9.61. The summed E-state index contributed by atoms with van der Waals surface area (Å²) in [6.45, 7) is 6.21. The van der Waals surface area contributed by atoms with Crippen LogP contribution in [-0.2, 0) is 4.79 Å². The molecule has 0 aliphatic carbocycles. The van der Waals surface area contributed by atoms with E-state index in [2.05, 4.69) is 19.1 Å². The second-order valence-electron chi connectivity index (χ2n) is 8.13. The SMILES string of the molecule is Cc1ccc(C(=O)N2CCCC(C(=O)N3CCC(C)Sc4ccccc43)C2)cc1. The highest BCUT2D eigenvalue weighted by atomic mass is 32.2. The minimum atomic E-state index is -0.135. The van der Waals surface area contributed by atoms with Gasteiger partial charge in [-0.05, 0) is 50.5 Å². The lowest BCUT2D eigenvalue weighted by Gasteiger charge is -2.35. The smallest absolute Gasteiger partial charge is 0.253 e. The van der Waals surface area contributed by atoms with E-state index in [1.165, 1.54) is 4.90 Å². The van der Waals surface area contributed by atoms with Crippen LogP contribution in [0.15, 0.2) is 53.4 Å². The Hall–Kier alpha value is -2.27. The van der Waals surface area contributed by atoms with Crippen molar-refractivity contribution in [1.82, 2.24) is 4.90 Å². The van der Waals surface area contributed by atoms with E-state index in [0.717, 1.165) is 43.6 Å². The molecule has 0 bridgehead atoms. The molecule has 0 spiro atoms. The Morgan fingerprint density at radius 2 is 1.76 bits per heavy atom. The molecule has 1 fully saturated rings. The van der Waals surface area contributed by atoms with Crippen molar-refractivity contribution < 1.29 is 9.59 Å². The highest BCUT2D eigenvalue weighted by Crippen LogP contribution is 2.38. The molecular formula is C24H28N2O2S. The fraction of sp³-hybridized carbons (Fsp3) is 0.417. The zero-order chi connectivity index (χ0) is 20.4. The van der Waals surface area contributed by atoms with Crippen LogP contribution in [0.5, 0.6) is 0 Å². The standard InChI is InChI=1S/C24H28N2O2S/c1-17-9-11-19(12-10-17)23(27)25-14-5-6-20(16-25)24(28)26-15-13-18(2)29-22-8-4-3-7-21(22)26/h3-4,7-12,18,20H,5-6,13-16H2,1-2H3. The van der Waals surface area contributed by atoms with E-state index in [1.807, 2.05) is 64.9 Å². The summed E-state index contributed by atoms with van der Waals surface area (Å²) < 4.78 is 0. The van der Waals surface area contributed by atoms with Gasteiger partial charge in [0.15, 0.2) is 0 Å². The molecule has 2 unspecified atom stereocenters. The van der Waals surface area contributed by atoms with Crippen molar-refractivity contribution in [3.63, 3.8) is 0 Å². The van der Waals surface area contributed by atoms with Crippen molar-refractivity contribution in [1.29, 1.82) is 0 Å². The van der Waals surface area contributed by atoms with Gasteiger partial charge in [-0.2, -0.15) is 0 Å². The van der Waals surface area contributed by atoms with Gasteiger partial charge in [-0.25, -0.2) is 0 Å². The maximum atomic E-state index is 13.5. The fourth-order valence-corrected chi connectivity index (χ4v) is 5.29.